The van der Waals surface area contributed by atoms with Gasteiger partial charge in [0.25, 0.3) is 0 Å². The van der Waals surface area contributed by atoms with Crippen LogP contribution in [0.25, 0.3) is 20.2 Å². The molecule has 0 radical (unpaired) electrons. The van der Waals surface area contributed by atoms with E-state index in [2.05, 4.69) is 24.3 Å². The molecule has 4 heteroatoms. The molecule has 0 aliphatic heterocycles. The van der Waals surface area contributed by atoms with Gasteiger partial charge in [0.1, 0.15) is 5.84 Å². The number of benzene rings is 1. The van der Waals surface area contributed by atoms with E-state index in [1.807, 2.05) is 30.3 Å². The van der Waals surface area contributed by atoms with Gasteiger partial charge in [-0.15, -0.1) is 22.7 Å². The van der Waals surface area contributed by atoms with Gasteiger partial charge < -0.3 is 5.73 Å². The molecule has 19 heavy (non-hydrogen) atoms. The second kappa shape index (κ2) is 4.99. The first-order chi connectivity index (χ1) is 9.24. The molecule has 94 valence electrons. The molecular weight excluding hydrogens is 272 g/mol. The van der Waals surface area contributed by atoms with Crippen molar-refractivity contribution in [2.75, 3.05) is 0 Å². The highest BCUT2D eigenvalue weighted by molar-refractivity contribution is 7.24. The molecule has 0 bridgehead atoms. The van der Waals surface area contributed by atoms with Crippen molar-refractivity contribution in [1.82, 2.24) is 0 Å². The number of rotatable bonds is 3. The van der Waals surface area contributed by atoms with Crippen LogP contribution in [-0.2, 0) is 0 Å². The van der Waals surface area contributed by atoms with Crippen molar-refractivity contribution in [3.63, 3.8) is 0 Å². The van der Waals surface area contributed by atoms with Crippen molar-refractivity contribution in [3.05, 3.63) is 59.5 Å². The van der Waals surface area contributed by atoms with Gasteiger partial charge in [-0.05, 0) is 29.8 Å². The van der Waals surface area contributed by atoms with Crippen molar-refractivity contribution >= 4 is 28.5 Å². The quantitative estimate of drug-likeness (QED) is 0.542. The lowest BCUT2D eigenvalue weighted by Crippen LogP contribution is -2.08. The molecule has 3 aromatic rings. The Labute approximate surface area is 119 Å². The highest BCUT2D eigenvalue weighted by Crippen LogP contribution is 2.37. The Morgan fingerprint density at radius 2 is 1.42 bits per heavy atom. The topological polar surface area (TPSA) is 49.9 Å². The molecular formula is C15H12N2S2. The van der Waals surface area contributed by atoms with Crippen LogP contribution in [0.1, 0.15) is 4.88 Å². The van der Waals surface area contributed by atoms with Crippen molar-refractivity contribution in [2.45, 2.75) is 0 Å². The number of thiophene rings is 2. The molecule has 0 saturated heterocycles. The maximum Gasteiger partial charge on any atom is 0.133 e. The standard InChI is InChI=1S/C15H12N2S2/c16-15(17)14-9-8-13(19-14)12-7-6-11(18-12)10-4-2-1-3-5-10/h1-9H,(H3,16,17). The molecule has 0 fully saturated rings. The minimum atomic E-state index is 0.135. The lowest BCUT2D eigenvalue weighted by molar-refractivity contribution is 1.45. The molecule has 3 N–H and O–H groups in total. The van der Waals surface area contributed by atoms with E-state index in [-0.39, 0.29) is 5.84 Å². The van der Waals surface area contributed by atoms with E-state index in [0.717, 1.165) is 9.75 Å². The van der Waals surface area contributed by atoms with E-state index in [0.29, 0.717) is 0 Å². The molecule has 0 atom stereocenters. The van der Waals surface area contributed by atoms with Crippen LogP contribution in [0.3, 0.4) is 0 Å². The van der Waals surface area contributed by atoms with Crippen LogP contribution in [0.5, 0.6) is 0 Å². The maximum atomic E-state index is 7.44. The Hall–Kier alpha value is -1.91. The molecule has 0 saturated carbocycles. The number of amidine groups is 1. The number of nitrogen functional groups attached to an aromatic ring is 1. The molecule has 2 heterocycles. The smallest absolute Gasteiger partial charge is 0.133 e. The fourth-order valence-corrected chi connectivity index (χ4v) is 3.81. The summed E-state index contributed by atoms with van der Waals surface area (Å²) < 4.78 is 0. The number of nitrogens with one attached hydrogen (secondary N) is 1. The van der Waals surface area contributed by atoms with E-state index in [1.54, 1.807) is 22.7 Å². The van der Waals surface area contributed by atoms with Crippen molar-refractivity contribution in [2.24, 2.45) is 5.73 Å². The SMILES string of the molecule is N=C(N)c1ccc(-c2ccc(-c3ccccc3)s2)s1. The van der Waals surface area contributed by atoms with Crippen molar-refractivity contribution < 1.29 is 0 Å². The summed E-state index contributed by atoms with van der Waals surface area (Å²) in [7, 11) is 0. The predicted molar refractivity (Wildman–Crippen MR) is 84.1 cm³/mol. The third-order valence-electron chi connectivity index (χ3n) is 2.78. The van der Waals surface area contributed by atoms with Crippen LogP contribution in [0, 0.1) is 5.41 Å². The molecule has 0 amide bonds. The van der Waals surface area contributed by atoms with Gasteiger partial charge in [0.2, 0.25) is 0 Å². The molecule has 2 nitrogen and oxygen atoms in total. The first-order valence-electron chi connectivity index (χ1n) is 5.84. The third kappa shape index (κ3) is 2.45. The van der Waals surface area contributed by atoms with E-state index in [4.69, 9.17) is 11.1 Å². The van der Waals surface area contributed by atoms with Gasteiger partial charge in [-0.2, -0.15) is 0 Å². The summed E-state index contributed by atoms with van der Waals surface area (Å²) in [4.78, 5) is 4.46. The molecule has 3 rings (SSSR count). The normalized spacial score (nSPS) is 10.5. The molecule has 0 aliphatic carbocycles. The highest BCUT2D eigenvalue weighted by Gasteiger charge is 2.08. The zero-order valence-corrected chi connectivity index (χ0v) is 11.7. The second-order valence-corrected chi connectivity index (χ2v) is 6.28. The Morgan fingerprint density at radius 3 is 2.11 bits per heavy atom. The summed E-state index contributed by atoms with van der Waals surface area (Å²) in [6.07, 6.45) is 0. The molecule has 0 unspecified atom stereocenters. The predicted octanol–water partition coefficient (Wildman–Crippen LogP) is 4.43. The first-order valence-corrected chi connectivity index (χ1v) is 7.47. The average molecular weight is 284 g/mol. The summed E-state index contributed by atoms with van der Waals surface area (Å²) in [5.74, 6) is 0.135. The molecule has 0 spiro atoms. The Balaban J connectivity index is 1.94. The fraction of sp³-hybridized carbons (Fsp3) is 0. The third-order valence-corrected chi connectivity index (χ3v) is 5.23. The maximum absolute atomic E-state index is 7.44. The monoisotopic (exact) mass is 284 g/mol. The van der Waals surface area contributed by atoms with Crippen LogP contribution in [0.15, 0.2) is 54.6 Å². The molecule has 0 aliphatic rings. The first kappa shape index (κ1) is 12.1. The highest BCUT2D eigenvalue weighted by atomic mass is 32.1. The van der Waals surface area contributed by atoms with Crippen molar-refractivity contribution in [3.8, 4) is 20.2 Å². The largest absolute Gasteiger partial charge is 0.383 e. The van der Waals surface area contributed by atoms with E-state index < -0.39 is 0 Å². The zero-order chi connectivity index (χ0) is 13.2. The Bertz CT molecular complexity index is 711. The van der Waals surface area contributed by atoms with E-state index in [9.17, 15) is 0 Å². The van der Waals surface area contributed by atoms with Crippen molar-refractivity contribution in [1.29, 1.82) is 5.41 Å². The molecule has 1 aromatic carbocycles. The van der Waals surface area contributed by atoms with Gasteiger partial charge in [0.05, 0.1) is 4.88 Å². The van der Waals surface area contributed by atoms with Gasteiger partial charge >= 0.3 is 0 Å². The van der Waals surface area contributed by atoms with Gasteiger partial charge in [-0.3, -0.25) is 5.41 Å². The van der Waals surface area contributed by atoms with E-state index >= 15 is 0 Å². The minimum absolute atomic E-state index is 0.135. The Kier molecular flexibility index (Phi) is 3.19. The lowest BCUT2D eigenvalue weighted by atomic mass is 10.2. The summed E-state index contributed by atoms with van der Waals surface area (Å²) in [5, 5.41) is 7.44. The van der Waals surface area contributed by atoms with Crippen LogP contribution in [-0.4, -0.2) is 5.84 Å². The fourth-order valence-electron chi connectivity index (χ4n) is 1.84. The summed E-state index contributed by atoms with van der Waals surface area (Å²) in [5.41, 5.74) is 6.74. The summed E-state index contributed by atoms with van der Waals surface area (Å²) in [6.45, 7) is 0. The second-order valence-electron chi connectivity index (χ2n) is 4.11. The van der Waals surface area contributed by atoms with Gasteiger partial charge in [0, 0.05) is 14.6 Å². The van der Waals surface area contributed by atoms with Crippen LogP contribution in [0.2, 0.25) is 0 Å². The van der Waals surface area contributed by atoms with Gasteiger partial charge in [-0.1, -0.05) is 30.3 Å². The van der Waals surface area contributed by atoms with Gasteiger partial charge in [-0.25, -0.2) is 0 Å². The van der Waals surface area contributed by atoms with Crippen LogP contribution < -0.4 is 5.73 Å². The molecule has 2 aromatic heterocycles. The van der Waals surface area contributed by atoms with Crippen LogP contribution >= 0.6 is 22.7 Å². The Morgan fingerprint density at radius 1 is 0.789 bits per heavy atom. The van der Waals surface area contributed by atoms with Crippen LogP contribution in [0.4, 0.5) is 0 Å². The average Bonchev–Trinajstić information content (AvgIpc) is 3.09. The zero-order valence-electron chi connectivity index (χ0n) is 10.1. The number of hydrogen-bond donors (Lipinski definition) is 2. The minimum Gasteiger partial charge on any atom is -0.383 e. The number of hydrogen-bond acceptors (Lipinski definition) is 3. The van der Waals surface area contributed by atoms with E-state index in [1.165, 1.54) is 15.3 Å². The summed E-state index contributed by atoms with van der Waals surface area (Å²) >= 11 is 3.33. The summed E-state index contributed by atoms with van der Waals surface area (Å²) in [6, 6.07) is 18.6. The van der Waals surface area contributed by atoms with Gasteiger partial charge in [0.15, 0.2) is 0 Å². The lowest BCUT2D eigenvalue weighted by Gasteiger charge is -1.95. The number of nitrogens with two attached hydrogens (primary N) is 1.